The molecular formula is C47H40N2Na2O10P+. The number of aromatic carboxylic acids is 1. The summed E-state index contributed by atoms with van der Waals surface area (Å²) in [5.41, 5.74) is 2.82. The number of rotatable bonds is 13. The van der Waals surface area contributed by atoms with E-state index in [1.807, 2.05) is 60.7 Å². The van der Waals surface area contributed by atoms with Gasteiger partial charge in [0.25, 0.3) is 5.91 Å². The quantitative estimate of drug-likeness (QED) is 0.0448. The molecule has 0 saturated carbocycles. The number of carboxylic acids is 1. The molecule has 1 aliphatic carbocycles. The van der Waals surface area contributed by atoms with E-state index in [4.69, 9.17) is 13.9 Å². The van der Waals surface area contributed by atoms with Gasteiger partial charge in [-0.1, -0.05) is 91.0 Å². The number of carboxylic acid groups (broad SMARTS) is 1. The van der Waals surface area contributed by atoms with Crippen LogP contribution in [0.25, 0.3) is 33.4 Å². The monoisotopic (exact) mass is 869 g/mol. The maximum Gasteiger partial charge on any atom is 1.00 e. The first kappa shape index (κ1) is 49.5. The van der Waals surface area contributed by atoms with Gasteiger partial charge >= 0.3 is 71.1 Å². The molecular weight excluding hydrogens is 829 g/mol. The van der Waals surface area contributed by atoms with E-state index in [2.05, 4.69) is 10.6 Å². The minimum atomic E-state index is -1.11. The molecule has 304 valence electrons. The molecule has 5 aromatic rings. The second-order valence-electron chi connectivity index (χ2n) is 13.2. The van der Waals surface area contributed by atoms with E-state index in [1.165, 1.54) is 44.4 Å². The van der Waals surface area contributed by atoms with Gasteiger partial charge in [0.05, 0.1) is 31.5 Å². The Morgan fingerprint density at radius 2 is 1.34 bits per heavy atom. The number of hydrogen-bond acceptors (Lipinski definition) is 9. The Bertz CT molecular complexity index is 2640. The minimum absolute atomic E-state index is 0. The predicted molar refractivity (Wildman–Crippen MR) is 229 cm³/mol. The zero-order chi connectivity index (χ0) is 42.6. The number of nitrogens with one attached hydrogen (secondary N) is 2. The maximum atomic E-state index is 12.9. The molecule has 1 aliphatic heterocycles. The predicted octanol–water partition coefficient (Wildman–Crippen LogP) is -0.541. The van der Waals surface area contributed by atoms with Crippen LogP contribution in [-0.4, -0.2) is 62.3 Å². The SMILES string of the molecule is COC(=O)c1ccc(C(=O)NCCOCCNC(C)=O)cc1P(c1ccccc1)c1ccccc1.O=C(O)c1ccccc1-c1c2ccc(=O)cc-2oc2cc([O-])ccc12.[Na+].[Na+]. The van der Waals surface area contributed by atoms with E-state index in [1.54, 1.807) is 48.5 Å². The summed E-state index contributed by atoms with van der Waals surface area (Å²) < 4.78 is 16.2. The number of carbonyl (C=O) groups is 4. The molecule has 0 aromatic heterocycles. The summed E-state index contributed by atoms with van der Waals surface area (Å²) in [6.07, 6.45) is 0. The Morgan fingerprint density at radius 1 is 0.710 bits per heavy atom. The van der Waals surface area contributed by atoms with Gasteiger partial charge < -0.3 is 34.7 Å². The molecule has 7 rings (SSSR count). The van der Waals surface area contributed by atoms with Crippen LogP contribution < -0.4 is 96.2 Å². The fourth-order valence-corrected chi connectivity index (χ4v) is 8.96. The van der Waals surface area contributed by atoms with E-state index in [0.717, 1.165) is 15.9 Å². The van der Waals surface area contributed by atoms with Crippen molar-refractivity contribution in [1.82, 2.24) is 10.6 Å². The Kier molecular flexibility index (Phi) is 19.1. The zero-order valence-electron chi connectivity index (χ0n) is 34.7. The van der Waals surface area contributed by atoms with Crippen molar-refractivity contribution in [3.8, 4) is 28.2 Å². The van der Waals surface area contributed by atoms with Crippen LogP contribution in [0.15, 0.2) is 149 Å². The Balaban J connectivity index is 0.000000277. The molecule has 2 amide bonds. The molecule has 1 heterocycles. The van der Waals surface area contributed by atoms with Gasteiger partial charge in [0.1, 0.15) is 11.3 Å². The zero-order valence-corrected chi connectivity index (χ0v) is 39.6. The molecule has 0 atom stereocenters. The van der Waals surface area contributed by atoms with E-state index in [0.29, 0.717) is 70.9 Å². The second kappa shape index (κ2) is 23.9. The first-order valence-corrected chi connectivity index (χ1v) is 20.1. The van der Waals surface area contributed by atoms with Crippen molar-refractivity contribution in [3.05, 3.63) is 166 Å². The molecule has 15 heteroatoms. The van der Waals surface area contributed by atoms with Crippen molar-refractivity contribution in [2.75, 3.05) is 33.4 Å². The fourth-order valence-electron chi connectivity index (χ4n) is 6.49. The van der Waals surface area contributed by atoms with Crippen molar-refractivity contribution >= 4 is 58.6 Å². The van der Waals surface area contributed by atoms with Gasteiger partial charge in [-0.3, -0.25) is 14.4 Å². The average molecular weight is 870 g/mol. The van der Waals surface area contributed by atoms with Crippen LogP contribution in [0.2, 0.25) is 0 Å². The van der Waals surface area contributed by atoms with Gasteiger partial charge in [0.2, 0.25) is 5.91 Å². The van der Waals surface area contributed by atoms with Crippen LogP contribution in [0.4, 0.5) is 0 Å². The second-order valence-corrected chi connectivity index (χ2v) is 15.4. The molecule has 0 spiro atoms. The van der Waals surface area contributed by atoms with Crippen molar-refractivity contribution in [2.45, 2.75) is 6.92 Å². The van der Waals surface area contributed by atoms with E-state index < -0.39 is 19.9 Å². The number of amides is 2. The summed E-state index contributed by atoms with van der Waals surface area (Å²) in [5, 5.41) is 30.2. The molecule has 2 aliphatic rings. The first-order chi connectivity index (χ1) is 29.0. The molecule has 5 aromatic carbocycles. The maximum absolute atomic E-state index is 12.9. The number of carbonyl (C=O) groups excluding carboxylic acids is 3. The number of hydrogen-bond donors (Lipinski definition) is 3. The smallest absolute Gasteiger partial charge is 0.872 e. The Hall–Kier alpha value is -5.14. The number of ether oxygens (including phenoxy) is 2. The summed E-state index contributed by atoms with van der Waals surface area (Å²) in [4.78, 5) is 59.8. The van der Waals surface area contributed by atoms with Gasteiger partial charge in [0.15, 0.2) is 5.43 Å². The molecule has 3 N–H and O–H groups in total. The number of benzene rings is 6. The normalized spacial score (nSPS) is 10.4. The van der Waals surface area contributed by atoms with Gasteiger partial charge in [0, 0.05) is 53.5 Å². The fraction of sp³-hybridized carbons (Fsp3) is 0.128. The molecule has 62 heavy (non-hydrogen) atoms. The molecule has 0 bridgehead atoms. The summed E-state index contributed by atoms with van der Waals surface area (Å²) >= 11 is 0. The van der Waals surface area contributed by atoms with Crippen molar-refractivity contribution < 1.29 is 102 Å². The molecule has 0 fully saturated rings. The third-order valence-electron chi connectivity index (χ3n) is 9.18. The topological polar surface area (TPSA) is 184 Å². The van der Waals surface area contributed by atoms with Gasteiger partial charge in [-0.15, -0.1) is 5.75 Å². The van der Waals surface area contributed by atoms with Crippen molar-refractivity contribution in [1.29, 1.82) is 0 Å². The molecule has 0 unspecified atom stereocenters. The number of methoxy groups -OCH3 is 1. The van der Waals surface area contributed by atoms with E-state index >= 15 is 0 Å². The standard InChI is InChI=1S/C27H29N2O5P.C20H12O5.2Na/c1-20(30)28-15-17-34-18-16-29-26(31)21-13-14-24(27(32)33-2)25(19-21)35(22-9-5-3-6-10-22)23-11-7-4-8-12-23;21-11-5-7-15-17(9-11)25-18-10-12(22)6-8-16(18)19(15)13-3-1-2-4-14(13)20(23)24;;/h3-14,19H,15-18H2,1-2H3,(H,28,30)(H,29,31);1-10,21H,(H,23,24);;/q;;2*+1/p-1. The summed E-state index contributed by atoms with van der Waals surface area (Å²) in [6, 6.07) is 40.3. The third kappa shape index (κ3) is 12.5. The van der Waals surface area contributed by atoms with Crippen molar-refractivity contribution in [2.24, 2.45) is 0 Å². The van der Waals surface area contributed by atoms with Gasteiger partial charge in [-0.25, -0.2) is 9.59 Å². The largest absolute Gasteiger partial charge is 1.00 e. The van der Waals surface area contributed by atoms with E-state index in [9.17, 15) is 34.2 Å². The van der Waals surface area contributed by atoms with Crippen LogP contribution >= 0.6 is 7.92 Å². The van der Waals surface area contributed by atoms with Crippen LogP contribution in [0.1, 0.15) is 38.0 Å². The van der Waals surface area contributed by atoms with Gasteiger partial charge in [-0.2, -0.15) is 0 Å². The minimum Gasteiger partial charge on any atom is -0.872 e. The summed E-state index contributed by atoms with van der Waals surface area (Å²) in [7, 11) is 0.239. The number of esters is 1. The third-order valence-corrected chi connectivity index (χ3v) is 11.7. The van der Waals surface area contributed by atoms with Crippen molar-refractivity contribution in [3.63, 3.8) is 0 Å². The number of fused-ring (bicyclic) bond motifs is 2. The molecule has 0 saturated heterocycles. The Morgan fingerprint density at radius 3 is 1.97 bits per heavy atom. The van der Waals surface area contributed by atoms with Crippen LogP contribution in [0.5, 0.6) is 5.75 Å². The Labute approximate surface area is 403 Å². The van der Waals surface area contributed by atoms with E-state index in [-0.39, 0.29) is 87.7 Å². The summed E-state index contributed by atoms with van der Waals surface area (Å²) in [6.45, 7) is 2.87. The first-order valence-electron chi connectivity index (χ1n) is 18.8. The van der Waals surface area contributed by atoms with Crippen LogP contribution in [-0.2, 0) is 14.3 Å². The van der Waals surface area contributed by atoms with Crippen LogP contribution in [0.3, 0.4) is 0 Å². The van der Waals surface area contributed by atoms with Gasteiger partial charge in [-0.05, 0) is 66.6 Å². The van der Waals surface area contributed by atoms with Crippen LogP contribution in [0, 0.1) is 0 Å². The molecule has 12 nitrogen and oxygen atoms in total. The average Bonchev–Trinajstić information content (AvgIpc) is 3.25. The summed E-state index contributed by atoms with van der Waals surface area (Å²) in [5.74, 6) is -1.80. The molecule has 0 radical (unpaired) electrons.